The van der Waals surface area contributed by atoms with Crippen LogP contribution < -0.4 is 9.46 Å². The Bertz CT molecular complexity index is 975. The average Bonchev–Trinajstić information content (AvgIpc) is 2.70. The Hall–Kier alpha value is -2.77. The molecule has 0 aliphatic heterocycles. The molecule has 6 nitrogen and oxygen atoms in total. The highest BCUT2D eigenvalue weighted by atomic mass is 32.2. The van der Waals surface area contributed by atoms with Gasteiger partial charge in [-0.1, -0.05) is 42.5 Å². The minimum atomic E-state index is -3.65. The van der Waals surface area contributed by atoms with Crippen LogP contribution in [0.3, 0.4) is 0 Å². The van der Waals surface area contributed by atoms with E-state index in [1.54, 1.807) is 30.6 Å². The van der Waals surface area contributed by atoms with Crippen LogP contribution in [0.4, 0.5) is 0 Å². The van der Waals surface area contributed by atoms with E-state index in [9.17, 15) is 8.42 Å². The van der Waals surface area contributed by atoms with E-state index in [1.165, 1.54) is 6.07 Å². The number of rotatable bonds is 8. The Labute approximate surface area is 159 Å². The molecule has 1 aromatic heterocycles. The van der Waals surface area contributed by atoms with Crippen molar-refractivity contribution in [3.8, 4) is 17.1 Å². The van der Waals surface area contributed by atoms with E-state index < -0.39 is 10.0 Å². The van der Waals surface area contributed by atoms with Crippen LogP contribution in [0.1, 0.15) is 12.5 Å². The highest BCUT2D eigenvalue weighted by Crippen LogP contribution is 2.23. The zero-order chi connectivity index (χ0) is 19.1. The fourth-order valence-corrected chi connectivity index (χ4v) is 3.75. The second-order valence-electron chi connectivity index (χ2n) is 5.81. The monoisotopic (exact) mass is 383 g/mol. The summed E-state index contributed by atoms with van der Waals surface area (Å²) in [6.07, 6.45) is 3.93. The lowest BCUT2D eigenvalue weighted by molar-refractivity contribution is 0.331. The number of para-hydroxylation sites is 1. The maximum absolute atomic E-state index is 12.5. The predicted molar refractivity (Wildman–Crippen MR) is 104 cm³/mol. The Kier molecular flexibility index (Phi) is 6.16. The van der Waals surface area contributed by atoms with Crippen molar-refractivity contribution in [2.75, 3.05) is 13.2 Å². The molecule has 0 bridgehead atoms. The lowest BCUT2D eigenvalue weighted by Crippen LogP contribution is -2.26. The quantitative estimate of drug-likeness (QED) is 0.647. The zero-order valence-corrected chi connectivity index (χ0v) is 15.8. The van der Waals surface area contributed by atoms with Gasteiger partial charge in [-0.3, -0.25) is 0 Å². The lowest BCUT2D eigenvalue weighted by Gasteiger charge is -2.11. The first-order valence-corrected chi connectivity index (χ1v) is 10.2. The Morgan fingerprint density at radius 1 is 0.963 bits per heavy atom. The van der Waals surface area contributed by atoms with E-state index in [-0.39, 0.29) is 11.4 Å². The summed E-state index contributed by atoms with van der Waals surface area (Å²) in [5.74, 6) is 0.994. The third-order valence-corrected chi connectivity index (χ3v) is 5.38. The SMILES string of the molecule is CCOc1ccccc1S(=O)(=O)NCCc1cnc(-c2ccccc2)nc1. The first-order valence-electron chi connectivity index (χ1n) is 8.68. The van der Waals surface area contributed by atoms with Gasteiger partial charge in [0.2, 0.25) is 10.0 Å². The van der Waals surface area contributed by atoms with Crippen molar-refractivity contribution in [3.63, 3.8) is 0 Å². The molecule has 140 valence electrons. The standard InChI is InChI=1S/C20H21N3O3S/c1-2-26-18-10-6-7-11-19(18)27(24,25)23-13-12-16-14-21-20(22-15-16)17-8-4-3-5-9-17/h3-11,14-15,23H,2,12-13H2,1H3. The van der Waals surface area contributed by atoms with Crippen molar-refractivity contribution in [2.45, 2.75) is 18.2 Å². The fraction of sp³-hybridized carbons (Fsp3) is 0.200. The number of hydrogen-bond acceptors (Lipinski definition) is 5. The van der Waals surface area contributed by atoms with Crippen LogP contribution in [-0.4, -0.2) is 31.5 Å². The number of nitrogens with one attached hydrogen (secondary N) is 1. The number of sulfonamides is 1. The minimum absolute atomic E-state index is 0.141. The first-order chi connectivity index (χ1) is 13.1. The summed E-state index contributed by atoms with van der Waals surface area (Å²) in [6, 6.07) is 16.3. The Balaban J connectivity index is 1.62. The second-order valence-corrected chi connectivity index (χ2v) is 7.54. The van der Waals surface area contributed by atoms with Crippen LogP contribution in [-0.2, 0) is 16.4 Å². The van der Waals surface area contributed by atoms with Crippen molar-refractivity contribution >= 4 is 10.0 Å². The molecule has 0 spiro atoms. The van der Waals surface area contributed by atoms with Gasteiger partial charge in [-0.25, -0.2) is 23.1 Å². The van der Waals surface area contributed by atoms with Crippen molar-refractivity contribution in [1.29, 1.82) is 0 Å². The Morgan fingerprint density at radius 2 is 1.63 bits per heavy atom. The normalized spacial score (nSPS) is 11.3. The van der Waals surface area contributed by atoms with Crippen LogP contribution in [0.5, 0.6) is 5.75 Å². The summed E-state index contributed by atoms with van der Waals surface area (Å²) >= 11 is 0. The van der Waals surface area contributed by atoms with Crippen LogP contribution in [0.25, 0.3) is 11.4 Å². The smallest absolute Gasteiger partial charge is 0.244 e. The van der Waals surface area contributed by atoms with Gasteiger partial charge in [0, 0.05) is 24.5 Å². The van der Waals surface area contributed by atoms with Crippen LogP contribution in [0.15, 0.2) is 71.9 Å². The molecule has 0 radical (unpaired) electrons. The van der Waals surface area contributed by atoms with Crippen LogP contribution in [0, 0.1) is 0 Å². The van der Waals surface area contributed by atoms with E-state index in [0.717, 1.165) is 11.1 Å². The van der Waals surface area contributed by atoms with E-state index in [1.807, 2.05) is 37.3 Å². The molecule has 3 rings (SSSR count). The molecule has 3 aromatic rings. The largest absolute Gasteiger partial charge is 0.492 e. The second kappa shape index (κ2) is 8.75. The molecule has 0 saturated heterocycles. The molecule has 1 N–H and O–H groups in total. The summed E-state index contributed by atoms with van der Waals surface area (Å²) in [6.45, 7) is 2.46. The van der Waals surface area contributed by atoms with Gasteiger partial charge in [0.05, 0.1) is 6.61 Å². The van der Waals surface area contributed by atoms with E-state index in [0.29, 0.717) is 24.6 Å². The number of ether oxygens (including phenoxy) is 1. The molecule has 0 atom stereocenters. The molecule has 0 amide bonds. The van der Waals surface area contributed by atoms with Gasteiger partial charge in [-0.2, -0.15) is 0 Å². The molecule has 0 aliphatic carbocycles. The topological polar surface area (TPSA) is 81.2 Å². The number of hydrogen-bond donors (Lipinski definition) is 1. The van der Waals surface area contributed by atoms with Crippen LogP contribution >= 0.6 is 0 Å². The predicted octanol–water partition coefficient (Wildman–Crippen LogP) is 3.06. The highest BCUT2D eigenvalue weighted by Gasteiger charge is 2.18. The average molecular weight is 383 g/mol. The van der Waals surface area contributed by atoms with Crippen molar-refractivity contribution in [1.82, 2.24) is 14.7 Å². The molecule has 27 heavy (non-hydrogen) atoms. The van der Waals surface area contributed by atoms with Gasteiger partial charge in [0.1, 0.15) is 10.6 Å². The summed E-state index contributed by atoms with van der Waals surface area (Å²) < 4.78 is 33.1. The minimum Gasteiger partial charge on any atom is -0.492 e. The van der Waals surface area contributed by atoms with E-state index in [2.05, 4.69) is 14.7 Å². The molecular weight excluding hydrogens is 362 g/mol. The highest BCUT2D eigenvalue weighted by molar-refractivity contribution is 7.89. The lowest BCUT2D eigenvalue weighted by atomic mass is 10.2. The van der Waals surface area contributed by atoms with E-state index >= 15 is 0 Å². The Morgan fingerprint density at radius 3 is 2.33 bits per heavy atom. The van der Waals surface area contributed by atoms with E-state index in [4.69, 9.17) is 4.74 Å². The van der Waals surface area contributed by atoms with Gasteiger partial charge in [-0.15, -0.1) is 0 Å². The summed E-state index contributed by atoms with van der Waals surface area (Å²) in [7, 11) is -3.65. The van der Waals surface area contributed by atoms with Gasteiger partial charge >= 0.3 is 0 Å². The summed E-state index contributed by atoms with van der Waals surface area (Å²) in [5, 5.41) is 0. The zero-order valence-electron chi connectivity index (χ0n) is 15.0. The molecule has 0 aliphatic rings. The van der Waals surface area contributed by atoms with Gasteiger partial charge in [-0.05, 0) is 31.0 Å². The van der Waals surface area contributed by atoms with Gasteiger partial charge in [0.15, 0.2) is 5.82 Å². The third-order valence-electron chi connectivity index (χ3n) is 3.88. The molecule has 2 aromatic carbocycles. The number of nitrogens with zero attached hydrogens (tertiary/aromatic N) is 2. The van der Waals surface area contributed by atoms with Crippen molar-refractivity contribution in [2.24, 2.45) is 0 Å². The summed E-state index contributed by atoms with van der Waals surface area (Å²) in [4.78, 5) is 8.85. The fourth-order valence-electron chi connectivity index (χ4n) is 2.57. The number of aromatic nitrogens is 2. The number of benzene rings is 2. The first kappa shape index (κ1) is 19.0. The van der Waals surface area contributed by atoms with Crippen LogP contribution in [0.2, 0.25) is 0 Å². The van der Waals surface area contributed by atoms with Gasteiger partial charge < -0.3 is 4.74 Å². The maximum atomic E-state index is 12.5. The molecule has 0 fully saturated rings. The molecular formula is C20H21N3O3S. The van der Waals surface area contributed by atoms with Crippen molar-refractivity contribution < 1.29 is 13.2 Å². The molecule has 7 heteroatoms. The summed E-state index contributed by atoms with van der Waals surface area (Å²) in [5.41, 5.74) is 1.80. The maximum Gasteiger partial charge on any atom is 0.244 e. The molecule has 0 unspecified atom stereocenters. The van der Waals surface area contributed by atoms with Crippen molar-refractivity contribution in [3.05, 3.63) is 72.6 Å². The van der Waals surface area contributed by atoms with Gasteiger partial charge in [0.25, 0.3) is 0 Å². The molecule has 1 heterocycles. The third kappa shape index (κ3) is 4.90. The molecule has 0 saturated carbocycles.